The molecule has 2 aromatic carbocycles. The van der Waals surface area contributed by atoms with Crippen molar-refractivity contribution < 1.29 is 9.59 Å². The summed E-state index contributed by atoms with van der Waals surface area (Å²) in [5.74, 6) is -1.62. The van der Waals surface area contributed by atoms with Crippen molar-refractivity contribution in [1.29, 1.82) is 0 Å². The highest BCUT2D eigenvalue weighted by molar-refractivity contribution is 7.19. The lowest BCUT2D eigenvalue weighted by Crippen LogP contribution is -2.44. The minimum atomic E-state index is -0.723. The Kier molecular flexibility index (Phi) is 2.92. The Labute approximate surface area is 144 Å². The molecule has 0 N–H and O–H groups in total. The van der Waals surface area contributed by atoms with Crippen molar-refractivity contribution >= 4 is 54.7 Å². The Hall–Kier alpha value is -2.44. The number of nitrogens with zero attached hydrogens (tertiary/aromatic N) is 2. The van der Waals surface area contributed by atoms with Crippen LogP contribution in [0.4, 0.5) is 0 Å². The molecule has 0 bridgehead atoms. The van der Waals surface area contributed by atoms with Gasteiger partial charge >= 0.3 is 0 Å². The van der Waals surface area contributed by atoms with Crippen LogP contribution in [0.5, 0.6) is 0 Å². The topological polar surface area (TPSA) is 59.9 Å². The van der Waals surface area contributed by atoms with Gasteiger partial charge in [0.05, 0.1) is 20.4 Å². The van der Waals surface area contributed by atoms with Crippen molar-refractivity contribution in [1.82, 2.24) is 9.97 Å². The molecule has 0 saturated heterocycles. The average Bonchev–Trinajstić information content (AvgIpc) is 3.17. The fourth-order valence-corrected chi connectivity index (χ4v) is 5.20. The fraction of sp³-hybridized carbons (Fsp3) is 0.111. The maximum absolute atomic E-state index is 12.6. The Morgan fingerprint density at radius 3 is 1.50 bits per heavy atom. The molecule has 2 heterocycles. The number of fused-ring (bicyclic) bond motifs is 2. The number of Topliss-reactive ketones (excluding diaryl/α,β-unsaturated/α-hetero) is 2. The highest BCUT2D eigenvalue weighted by Gasteiger charge is 2.53. The minimum Gasteiger partial charge on any atom is -0.297 e. The Balaban J connectivity index is 1.51. The van der Waals surface area contributed by atoms with Crippen molar-refractivity contribution in [2.75, 3.05) is 0 Å². The van der Waals surface area contributed by atoms with E-state index in [2.05, 4.69) is 9.97 Å². The van der Waals surface area contributed by atoms with Crippen LogP contribution < -0.4 is 0 Å². The summed E-state index contributed by atoms with van der Waals surface area (Å²) in [5.41, 5.74) is 1.67. The summed E-state index contributed by atoms with van der Waals surface area (Å²) < 4.78 is 1.99. The molecule has 0 amide bonds. The van der Waals surface area contributed by atoms with Gasteiger partial charge in [0.2, 0.25) is 0 Å². The zero-order chi connectivity index (χ0) is 16.3. The van der Waals surface area contributed by atoms with Crippen LogP contribution in [-0.2, 0) is 9.59 Å². The first-order valence-electron chi connectivity index (χ1n) is 7.51. The zero-order valence-electron chi connectivity index (χ0n) is 12.3. The van der Waals surface area contributed by atoms with E-state index in [4.69, 9.17) is 0 Å². The van der Waals surface area contributed by atoms with E-state index < -0.39 is 11.8 Å². The van der Waals surface area contributed by atoms with Gasteiger partial charge in [0.1, 0.15) is 21.9 Å². The molecule has 5 rings (SSSR count). The number of carbonyl (C=O) groups excluding carboxylic acids is 2. The smallest absolute Gasteiger partial charge is 0.167 e. The molecule has 4 nitrogen and oxygen atoms in total. The van der Waals surface area contributed by atoms with E-state index in [9.17, 15) is 9.59 Å². The molecule has 4 aromatic rings. The summed E-state index contributed by atoms with van der Waals surface area (Å²) in [5, 5.41) is 1.20. The molecule has 1 aliphatic carbocycles. The van der Waals surface area contributed by atoms with Gasteiger partial charge < -0.3 is 0 Å². The number of para-hydroxylation sites is 2. The zero-order valence-corrected chi connectivity index (χ0v) is 13.9. The van der Waals surface area contributed by atoms with Crippen LogP contribution >= 0.6 is 22.7 Å². The molecule has 0 unspecified atom stereocenters. The number of hydrogen-bond donors (Lipinski definition) is 0. The van der Waals surface area contributed by atoms with Crippen LogP contribution in [0.25, 0.3) is 20.4 Å². The summed E-state index contributed by atoms with van der Waals surface area (Å²) in [6.45, 7) is 0. The lowest BCUT2D eigenvalue weighted by molar-refractivity contribution is -0.142. The normalized spacial score (nSPS) is 20.7. The van der Waals surface area contributed by atoms with Crippen molar-refractivity contribution in [2.45, 2.75) is 11.8 Å². The van der Waals surface area contributed by atoms with Gasteiger partial charge in [0, 0.05) is 0 Å². The molecule has 0 spiro atoms. The Morgan fingerprint density at radius 2 is 1.08 bits per heavy atom. The van der Waals surface area contributed by atoms with Gasteiger partial charge in [0.15, 0.2) is 11.6 Å². The monoisotopic (exact) mass is 350 g/mol. The third-order valence-electron chi connectivity index (χ3n) is 4.25. The molecule has 0 aliphatic heterocycles. The molecule has 24 heavy (non-hydrogen) atoms. The first kappa shape index (κ1) is 13.9. The SMILES string of the molecule is O=C1C(c2nc3ccccc3s2)C(=O)C1c1nc2ccccc2s1. The number of aromatic nitrogens is 2. The predicted molar refractivity (Wildman–Crippen MR) is 94.7 cm³/mol. The minimum absolute atomic E-state index is 0.0851. The first-order valence-corrected chi connectivity index (χ1v) is 9.14. The van der Waals surface area contributed by atoms with Gasteiger partial charge in [-0.1, -0.05) is 24.3 Å². The van der Waals surface area contributed by atoms with E-state index in [1.165, 1.54) is 22.7 Å². The number of hydrogen-bond acceptors (Lipinski definition) is 6. The highest BCUT2D eigenvalue weighted by Crippen LogP contribution is 2.44. The highest BCUT2D eigenvalue weighted by atomic mass is 32.1. The summed E-state index contributed by atoms with van der Waals surface area (Å²) in [6.07, 6.45) is 0. The number of carbonyl (C=O) groups is 2. The van der Waals surface area contributed by atoms with E-state index in [0.717, 1.165) is 20.4 Å². The summed E-state index contributed by atoms with van der Waals surface area (Å²) in [7, 11) is 0. The van der Waals surface area contributed by atoms with E-state index in [1.54, 1.807) is 0 Å². The van der Waals surface area contributed by atoms with Gasteiger partial charge in [-0.2, -0.15) is 0 Å². The van der Waals surface area contributed by atoms with Crippen molar-refractivity contribution in [3.05, 3.63) is 58.5 Å². The first-order chi connectivity index (χ1) is 11.7. The Bertz CT molecular complexity index is 960. The molecule has 1 saturated carbocycles. The molecule has 1 aliphatic rings. The number of thiazole rings is 2. The van der Waals surface area contributed by atoms with E-state index in [-0.39, 0.29) is 11.6 Å². The van der Waals surface area contributed by atoms with Crippen molar-refractivity contribution in [2.24, 2.45) is 0 Å². The van der Waals surface area contributed by atoms with Gasteiger partial charge in [0.25, 0.3) is 0 Å². The van der Waals surface area contributed by atoms with Crippen LogP contribution in [0, 0.1) is 0 Å². The quantitative estimate of drug-likeness (QED) is 0.514. The van der Waals surface area contributed by atoms with Crippen LogP contribution in [-0.4, -0.2) is 21.5 Å². The molecule has 0 atom stereocenters. The van der Waals surface area contributed by atoms with Crippen LogP contribution in [0.3, 0.4) is 0 Å². The fourth-order valence-electron chi connectivity index (χ4n) is 3.03. The van der Waals surface area contributed by atoms with E-state index in [1.807, 2.05) is 48.5 Å². The van der Waals surface area contributed by atoms with Gasteiger partial charge in [-0.3, -0.25) is 9.59 Å². The van der Waals surface area contributed by atoms with Gasteiger partial charge in [-0.25, -0.2) is 9.97 Å². The summed E-state index contributed by atoms with van der Waals surface area (Å²) >= 11 is 2.84. The molecular weight excluding hydrogens is 340 g/mol. The lowest BCUT2D eigenvalue weighted by Gasteiger charge is -2.28. The number of ketones is 2. The second-order valence-corrected chi connectivity index (χ2v) is 7.83. The van der Waals surface area contributed by atoms with Gasteiger partial charge in [-0.05, 0) is 24.3 Å². The molecule has 0 radical (unpaired) electrons. The molecule has 1 fully saturated rings. The van der Waals surface area contributed by atoms with E-state index in [0.29, 0.717) is 10.0 Å². The largest absolute Gasteiger partial charge is 0.297 e. The van der Waals surface area contributed by atoms with Crippen molar-refractivity contribution in [3.63, 3.8) is 0 Å². The van der Waals surface area contributed by atoms with Crippen LogP contribution in [0.1, 0.15) is 21.9 Å². The predicted octanol–water partition coefficient (Wildman–Crippen LogP) is 3.93. The third kappa shape index (κ3) is 1.90. The summed E-state index contributed by atoms with van der Waals surface area (Å²) in [6, 6.07) is 15.4. The van der Waals surface area contributed by atoms with Gasteiger partial charge in [-0.15, -0.1) is 22.7 Å². The second kappa shape index (κ2) is 5.03. The Morgan fingerprint density at radius 1 is 0.667 bits per heavy atom. The van der Waals surface area contributed by atoms with E-state index >= 15 is 0 Å². The molecule has 2 aromatic heterocycles. The lowest BCUT2D eigenvalue weighted by atomic mass is 9.72. The molecule has 6 heteroatoms. The standard InChI is InChI=1S/C18H10N2O2S2/c21-15-13(17-19-9-5-1-3-7-11(9)23-17)16(22)14(15)18-20-10-6-2-4-8-12(10)24-18/h1-8,13-14H. The summed E-state index contributed by atoms with van der Waals surface area (Å²) in [4.78, 5) is 34.2. The number of benzene rings is 2. The molecule has 116 valence electrons. The van der Waals surface area contributed by atoms with Crippen LogP contribution in [0.2, 0.25) is 0 Å². The maximum Gasteiger partial charge on any atom is 0.167 e. The third-order valence-corrected chi connectivity index (χ3v) is 6.46. The van der Waals surface area contributed by atoms with Crippen LogP contribution in [0.15, 0.2) is 48.5 Å². The second-order valence-electron chi connectivity index (χ2n) is 5.71. The van der Waals surface area contributed by atoms with Crippen molar-refractivity contribution in [3.8, 4) is 0 Å². The average molecular weight is 350 g/mol. The molecular formula is C18H10N2O2S2. The maximum atomic E-state index is 12.6. The number of rotatable bonds is 2.